The number of rotatable bonds is 4. The quantitative estimate of drug-likeness (QED) is 0.648. The van der Waals surface area contributed by atoms with Crippen LogP contribution in [0, 0.1) is 0 Å². The first-order chi connectivity index (χ1) is 6.54. The van der Waals surface area contributed by atoms with Crippen LogP contribution >= 0.6 is 12.4 Å². The van der Waals surface area contributed by atoms with Crippen molar-refractivity contribution in [2.45, 2.75) is 31.5 Å². The van der Waals surface area contributed by atoms with E-state index in [1.807, 2.05) is 0 Å². The number of aliphatic hydroxyl groups is 1. The van der Waals surface area contributed by atoms with E-state index in [1.165, 1.54) is 0 Å². The minimum Gasteiger partial charge on any atom is -0.393 e. The Morgan fingerprint density at radius 1 is 1.73 bits per heavy atom. The van der Waals surface area contributed by atoms with Gasteiger partial charge in [-0.05, 0) is 19.9 Å². The number of carbonyl (C=O) groups excluding carboxylic acids is 1. The molecule has 1 aliphatic rings. The molecule has 3 N–H and O–H groups in total. The zero-order valence-corrected chi connectivity index (χ0v) is 9.57. The van der Waals surface area contributed by atoms with Gasteiger partial charge in [0.2, 0.25) is 5.67 Å². The second-order valence-corrected chi connectivity index (χ2v) is 3.79. The molecule has 15 heavy (non-hydrogen) atoms. The molecule has 0 aromatic heterocycles. The van der Waals surface area contributed by atoms with Crippen LogP contribution in [0.25, 0.3) is 0 Å². The van der Waals surface area contributed by atoms with Crippen molar-refractivity contribution in [3.63, 3.8) is 0 Å². The van der Waals surface area contributed by atoms with E-state index >= 15 is 0 Å². The Bertz CT molecular complexity index is 208. The summed E-state index contributed by atoms with van der Waals surface area (Å²) in [7, 11) is 0. The minimum atomic E-state index is -1.75. The van der Waals surface area contributed by atoms with Gasteiger partial charge in [0.1, 0.15) is 0 Å². The van der Waals surface area contributed by atoms with Gasteiger partial charge in [-0.25, -0.2) is 4.39 Å². The van der Waals surface area contributed by atoms with Crippen LogP contribution in [0.3, 0.4) is 0 Å². The van der Waals surface area contributed by atoms with Gasteiger partial charge in [0, 0.05) is 19.5 Å². The van der Waals surface area contributed by atoms with Gasteiger partial charge in [-0.3, -0.25) is 4.79 Å². The fourth-order valence-electron chi connectivity index (χ4n) is 1.41. The number of carbonyl (C=O) groups is 1. The van der Waals surface area contributed by atoms with Crippen molar-refractivity contribution in [2.24, 2.45) is 0 Å². The first-order valence-corrected chi connectivity index (χ1v) is 4.90. The smallest absolute Gasteiger partial charge is 0.259 e. The lowest BCUT2D eigenvalue weighted by Gasteiger charge is -2.17. The minimum absolute atomic E-state index is 0. The largest absolute Gasteiger partial charge is 0.393 e. The zero-order valence-electron chi connectivity index (χ0n) is 8.75. The van der Waals surface area contributed by atoms with Crippen LogP contribution < -0.4 is 10.6 Å². The normalized spacial score (nSPS) is 26.9. The van der Waals surface area contributed by atoms with Crippen LogP contribution in [0.15, 0.2) is 0 Å². The summed E-state index contributed by atoms with van der Waals surface area (Å²) in [6.45, 7) is 2.59. The Kier molecular flexibility index (Phi) is 6.09. The molecule has 0 spiro atoms. The summed E-state index contributed by atoms with van der Waals surface area (Å²) < 4.78 is 13.7. The highest BCUT2D eigenvalue weighted by Gasteiger charge is 2.41. The highest BCUT2D eigenvalue weighted by molar-refractivity contribution is 5.85. The van der Waals surface area contributed by atoms with Crippen molar-refractivity contribution >= 4 is 18.3 Å². The summed E-state index contributed by atoms with van der Waals surface area (Å²) in [5.41, 5.74) is -1.75. The molecular formula is C9H18ClFN2O2. The topological polar surface area (TPSA) is 61.4 Å². The number of aliphatic hydroxyl groups excluding tert-OH is 1. The summed E-state index contributed by atoms with van der Waals surface area (Å²) in [6.07, 6.45) is 0.218. The molecule has 1 amide bonds. The molecule has 1 aliphatic heterocycles. The van der Waals surface area contributed by atoms with E-state index < -0.39 is 17.7 Å². The van der Waals surface area contributed by atoms with Crippen molar-refractivity contribution in [1.82, 2.24) is 10.6 Å². The van der Waals surface area contributed by atoms with E-state index in [1.54, 1.807) is 6.92 Å². The predicted octanol–water partition coefficient (Wildman–Crippen LogP) is -0.00310. The summed E-state index contributed by atoms with van der Waals surface area (Å²) in [4.78, 5) is 11.3. The Morgan fingerprint density at radius 2 is 2.40 bits per heavy atom. The Labute approximate surface area is 95.0 Å². The number of amides is 1. The van der Waals surface area contributed by atoms with Gasteiger partial charge in [0.05, 0.1) is 6.10 Å². The molecule has 1 saturated heterocycles. The van der Waals surface area contributed by atoms with Crippen molar-refractivity contribution in [3.8, 4) is 0 Å². The van der Waals surface area contributed by atoms with Gasteiger partial charge in [0.15, 0.2) is 0 Å². The SMILES string of the molecule is CC(O)CCNC(=O)C1(F)CCNC1.Cl. The van der Waals surface area contributed by atoms with Crippen LogP contribution in [0.5, 0.6) is 0 Å². The van der Waals surface area contributed by atoms with E-state index in [9.17, 15) is 9.18 Å². The molecule has 1 heterocycles. The number of halogens is 2. The lowest BCUT2D eigenvalue weighted by Crippen LogP contribution is -2.45. The molecular weight excluding hydrogens is 223 g/mol. The summed E-state index contributed by atoms with van der Waals surface area (Å²) in [5.74, 6) is -0.567. The highest BCUT2D eigenvalue weighted by atomic mass is 35.5. The van der Waals surface area contributed by atoms with Crippen molar-refractivity contribution in [2.75, 3.05) is 19.6 Å². The number of hydrogen-bond acceptors (Lipinski definition) is 3. The standard InChI is InChI=1S/C9H17FN2O2.ClH/c1-7(13)2-4-12-8(14)9(10)3-5-11-6-9;/h7,11,13H,2-6H2,1H3,(H,12,14);1H. The molecule has 2 atom stereocenters. The fourth-order valence-corrected chi connectivity index (χ4v) is 1.41. The summed E-state index contributed by atoms with van der Waals surface area (Å²) >= 11 is 0. The average molecular weight is 241 g/mol. The van der Waals surface area contributed by atoms with Crippen LogP contribution in [0.2, 0.25) is 0 Å². The van der Waals surface area contributed by atoms with E-state index in [-0.39, 0.29) is 25.4 Å². The lowest BCUT2D eigenvalue weighted by atomic mass is 10.0. The van der Waals surface area contributed by atoms with Gasteiger partial charge in [0.25, 0.3) is 5.91 Å². The van der Waals surface area contributed by atoms with E-state index in [2.05, 4.69) is 10.6 Å². The van der Waals surface area contributed by atoms with Gasteiger partial charge < -0.3 is 15.7 Å². The highest BCUT2D eigenvalue weighted by Crippen LogP contribution is 2.19. The van der Waals surface area contributed by atoms with Crippen LogP contribution in [0.4, 0.5) is 4.39 Å². The van der Waals surface area contributed by atoms with E-state index in [4.69, 9.17) is 5.11 Å². The first kappa shape index (κ1) is 14.6. The third kappa shape index (κ3) is 4.32. The number of nitrogens with one attached hydrogen (secondary N) is 2. The second kappa shape index (κ2) is 6.25. The van der Waals surface area contributed by atoms with Crippen LogP contribution in [-0.2, 0) is 4.79 Å². The first-order valence-electron chi connectivity index (χ1n) is 4.90. The monoisotopic (exact) mass is 240 g/mol. The Morgan fingerprint density at radius 3 is 2.87 bits per heavy atom. The molecule has 90 valence electrons. The summed E-state index contributed by atoms with van der Waals surface area (Å²) in [6, 6.07) is 0. The molecule has 0 bridgehead atoms. The van der Waals surface area contributed by atoms with Crippen LogP contribution in [-0.4, -0.2) is 42.4 Å². The molecule has 0 radical (unpaired) electrons. The molecule has 0 aliphatic carbocycles. The third-order valence-electron chi connectivity index (χ3n) is 2.36. The van der Waals surface area contributed by atoms with Gasteiger partial charge >= 0.3 is 0 Å². The fraction of sp³-hybridized carbons (Fsp3) is 0.889. The molecule has 0 saturated carbocycles. The van der Waals surface area contributed by atoms with Gasteiger partial charge in [-0.1, -0.05) is 0 Å². The second-order valence-electron chi connectivity index (χ2n) is 3.79. The molecule has 6 heteroatoms. The van der Waals surface area contributed by atoms with Gasteiger partial charge in [-0.2, -0.15) is 0 Å². The van der Waals surface area contributed by atoms with E-state index in [0.717, 1.165) is 0 Å². The molecule has 1 rings (SSSR count). The predicted molar refractivity (Wildman–Crippen MR) is 57.9 cm³/mol. The third-order valence-corrected chi connectivity index (χ3v) is 2.36. The average Bonchev–Trinajstić information content (AvgIpc) is 2.52. The number of alkyl halides is 1. The maximum Gasteiger partial charge on any atom is 0.259 e. The van der Waals surface area contributed by atoms with E-state index in [0.29, 0.717) is 19.5 Å². The Hall–Kier alpha value is -0.390. The summed E-state index contributed by atoms with van der Waals surface area (Å²) in [5, 5.41) is 14.2. The van der Waals surface area contributed by atoms with Crippen LogP contribution in [0.1, 0.15) is 19.8 Å². The van der Waals surface area contributed by atoms with Gasteiger partial charge in [-0.15, -0.1) is 12.4 Å². The van der Waals surface area contributed by atoms with Crippen molar-refractivity contribution in [1.29, 1.82) is 0 Å². The molecule has 0 aromatic rings. The maximum absolute atomic E-state index is 13.7. The Balaban J connectivity index is 0.00000196. The maximum atomic E-state index is 13.7. The van der Waals surface area contributed by atoms with Crippen molar-refractivity contribution in [3.05, 3.63) is 0 Å². The number of hydrogen-bond donors (Lipinski definition) is 3. The molecule has 0 aromatic carbocycles. The lowest BCUT2D eigenvalue weighted by molar-refractivity contribution is -0.131. The zero-order chi connectivity index (χ0) is 10.6. The molecule has 2 unspecified atom stereocenters. The molecule has 1 fully saturated rings. The van der Waals surface area contributed by atoms with Crippen molar-refractivity contribution < 1.29 is 14.3 Å². The molecule has 4 nitrogen and oxygen atoms in total.